The zero-order chi connectivity index (χ0) is 16.4. The molecule has 0 aromatic heterocycles. The van der Waals surface area contributed by atoms with E-state index < -0.39 is 15.5 Å². The van der Waals surface area contributed by atoms with Gasteiger partial charge in [0.15, 0.2) is 0 Å². The van der Waals surface area contributed by atoms with Crippen molar-refractivity contribution in [2.45, 2.75) is 31.1 Å². The maximum Gasteiger partial charge on any atom is 0.297 e. The van der Waals surface area contributed by atoms with Crippen LogP contribution in [-0.4, -0.2) is 15.0 Å². The number of benzene rings is 2. The van der Waals surface area contributed by atoms with Crippen LogP contribution < -0.4 is 0 Å². The highest BCUT2D eigenvalue weighted by Crippen LogP contribution is 2.26. The summed E-state index contributed by atoms with van der Waals surface area (Å²) in [6, 6.07) is 13.9. The van der Waals surface area contributed by atoms with E-state index in [1.807, 2.05) is 32.9 Å². The molecule has 0 N–H and O–H groups in total. The van der Waals surface area contributed by atoms with E-state index in [4.69, 9.17) is 15.8 Å². The van der Waals surface area contributed by atoms with E-state index >= 15 is 0 Å². The summed E-state index contributed by atoms with van der Waals surface area (Å²) in [5.41, 5.74) is 1.53. The molecule has 0 bridgehead atoms. The minimum Gasteiger partial charge on any atom is -0.265 e. The summed E-state index contributed by atoms with van der Waals surface area (Å²) in [6.07, 6.45) is 0. The highest BCUT2D eigenvalue weighted by Gasteiger charge is 2.25. The summed E-state index contributed by atoms with van der Waals surface area (Å²) >= 11 is 5.88. The third kappa shape index (κ3) is 4.09. The summed E-state index contributed by atoms with van der Waals surface area (Å²) in [5, 5.41) is 0.646. The highest BCUT2D eigenvalue weighted by atomic mass is 35.5. The Morgan fingerprint density at radius 1 is 1.00 bits per heavy atom. The van der Waals surface area contributed by atoms with Crippen molar-refractivity contribution in [1.29, 1.82) is 0 Å². The van der Waals surface area contributed by atoms with Gasteiger partial charge in [-0.3, -0.25) is 4.18 Å². The SMILES string of the molecule is Cc1ccc(S(=O)(=O)OCC(C)(C)c2ccc(Cl)cc2)cc1. The monoisotopic (exact) mass is 338 g/mol. The van der Waals surface area contributed by atoms with Gasteiger partial charge >= 0.3 is 0 Å². The fourth-order valence-corrected chi connectivity index (χ4v) is 3.16. The van der Waals surface area contributed by atoms with Crippen LogP contribution in [0.4, 0.5) is 0 Å². The maximum atomic E-state index is 12.2. The summed E-state index contributed by atoms with van der Waals surface area (Å²) < 4.78 is 29.7. The largest absolute Gasteiger partial charge is 0.297 e. The predicted octanol–water partition coefficient (Wildman–Crippen LogP) is 4.33. The standard InChI is InChI=1S/C17H19ClO3S/c1-13-4-10-16(11-5-13)22(19,20)21-12-17(2,3)14-6-8-15(18)9-7-14/h4-11H,12H2,1-3H3. The Hall–Kier alpha value is -1.36. The van der Waals surface area contributed by atoms with Crippen LogP contribution in [0.1, 0.15) is 25.0 Å². The van der Waals surface area contributed by atoms with Crippen molar-refractivity contribution in [3.05, 3.63) is 64.7 Å². The van der Waals surface area contributed by atoms with Crippen molar-refractivity contribution in [1.82, 2.24) is 0 Å². The molecule has 2 aromatic rings. The minimum absolute atomic E-state index is 0.0604. The van der Waals surface area contributed by atoms with Gasteiger partial charge in [-0.25, -0.2) is 0 Å². The Kier molecular flexibility index (Phi) is 4.95. The third-order valence-corrected chi connectivity index (χ3v) is 5.04. The van der Waals surface area contributed by atoms with Crippen LogP contribution in [0.5, 0.6) is 0 Å². The topological polar surface area (TPSA) is 43.4 Å². The first-order chi connectivity index (χ1) is 10.2. The van der Waals surface area contributed by atoms with Crippen molar-refractivity contribution >= 4 is 21.7 Å². The summed E-state index contributed by atoms with van der Waals surface area (Å²) in [7, 11) is -3.75. The van der Waals surface area contributed by atoms with E-state index in [2.05, 4.69) is 0 Å². The molecule has 0 radical (unpaired) electrons. The van der Waals surface area contributed by atoms with Crippen LogP contribution in [0.25, 0.3) is 0 Å². The van der Waals surface area contributed by atoms with E-state index in [9.17, 15) is 8.42 Å². The molecule has 0 aliphatic heterocycles. The molecule has 0 spiro atoms. The van der Waals surface area contributed by atoms with Crippen LogP contribution >= 0.6 is 11.6 Å². The van der Waals surface area contributed by atoms with Gasteiger partial charge < -0.3 is 0 Å². The normalized spacial score (nSPS) is 12.4. The van der Waals surface area contributed by atoms with Gasteiger partial charge in [-0.15, -0.1) is 0 Å². The highest BCUT2D eigenvalue weighted by molar-refractivity contribution is 7.86. The lowest BCUT2D eigenvalue weighted by Gasteiger charge is -2.24. The van der Waals surface area contributed by atoms with Crippen molar-refractivity contribution in [2.24, 2.45) is 0 Å². The molecule has 0 saturated carbocycles. The second kappa shape index (κ2) is 6.41. The zero-order valence-electron chi connectivity index (χ0n) is 12.8. The third-order valence-electron chi connectivity index (χ3n) is 3.51. The average molecular weight is 339 g/mol. The Balaban J connectivity index is 2.13. The smallest absolute Gasteiger partial charge is 0.265 e. The molecule has 0 saturated heterocycles. The van der Waals surface area contributed by atoms with Crippen LogP contribution in [0.3, 0.4) is 0 Å². The summed E-state index contributed by atoms with van der Waals surface area (Å²) in [4.78, 5) is 0.171. The zero-order valence-corrected chi connectivity index (χ0v) is 14.4. The van der Waals surface area contributed by atoms with Crippen molar-refractivity contribution in [2.75, 3.05) is 6.61 Å². The lowest BCUT2D eigenvalue weighted by molar-refractivity contribution is 0.246. The summed E-state index contributed by atoms with van der Waals surface area (Å²) in [5.74, 6) is 0. The van der Waals surface area contributed by atoms with Crippen molar-refractivity contribution in [3.63, 3.8) is 0 Å². The molecule has 2 rings (SSSR count). The molecule has 2 aromatic carbocycles. The fourth-order valence-electron chi connectivity index (χ4n) is 1.98. The quantitative estimate of drug-likeness (QED) is 0.762. The maximum absolute atomic E-state index is 12.2. The van der Waals surface area contributed by atoms with E-state index in [1.165, 1.54) is 0 Å². The molecule has 5 heteroatoms. The Morgan fingerprint density at radius 2 is 1.55 bits per heavy atom. The average Bonchev–Trinajstić information content (AvgIpc) is 2.46. The van der Waals surface area contributed by atoms with Crippen LogP contribution in [0, 0.1) is 6.92 Å². The first-order valence-corrected chi connectivity index (χ1v) is 8.71. The van der Waals surface area contributed by atoms with Gasteiger partial charge in [0.1, 0.15) is 0 Å². The Morgan fingerprint density at radius 3 is 2.09 bits per heavy atom. The second-order valence-electron chi connectivity index (χ2n) is 5.92. The van der Waals surface area contributed by atoms with Gasteiger partial charge in [0.2, 0.25) is 0 Å². The van der Waals surface area contributed by atoms with Gasteiger partial charge in [-0.2, -0.15) is 8.42 Å². The van der Waals surface area contributed by atoms with Crippen LogP contribution in [0.15, 0.2) is 53.4 Å². The van der Waals surface area contributed by atoms with Gasteiger partial charge in [0.25, 0.3) is 10.1 Å². The van der Waals surface area contributed by atoms with E-state index in [1.54, 1.807) is 36.4 Å². The molecular weight excluding hydrogens is 320 g/mol. The Bertz CT molecular complexity index is 732. The lowest BCUT2D eigenvalue weighted by atomic mass is 9.86. The molecule has 0 aliphatic carbocycles. The number of hydrogen-bond donors (Lipinski definition) is 0. The summed E-state index contributed by atoms with van der Waals surface area (Å²) in [6.45, 7) is 5.83. The molecular formula is C17H19ClO3S. The molecule has 0 heterocycles. The lowest BCUT2D eigenvalue weighted by Crippen LogP contribution is -2.26. The molecule has 0 atom stereocenters. The molecule has 118 valence electrons. The van der Waals surface area contributed by atoms with Crippen molar-refractivity contribution in [3.8, 4) is 0 Å². The fraction of sp³-hybridized carbons (Fsp3) is 0.294. The number of aryl methyl sites for hydroxylation is 1. The first-order valence-electron chi connectivity index (χ1n) is 6.93. The van der Waals surface area contributed by atoms with Crippen LogP contribution in [-0.2, 0) is 19.7 Å². The van der Waals surface area contributed by atoms with Gasteiger partial charge in [0, 0.05) is 10.4 Å². The van der Waals surface area contributed by atoms with Crippen LogP contribution in [0.2, 0.25) is 5.02 Å². The van der Waals surface area contributed by atoms with Gasteiger partial charge in [-0.1, -0.05) is 55.3 Å². The Labute approximate surface area is 137 Å². The molecule has 0 amide bonds. The van der Waals surface area contributed by atoms with Gasteiger partial charge in [0.05, 0.1) is 11.5 Å². The van der Waals surface area contributed by atoms with E-state index in [-0.39, 0.29) is 11.5 Å². The number of hydrogen-bond acceptors (Lipinski definition) is 3. The van der Waals surface area contributed by atoms with Gasteiger partial charge in [-0.05, 0) is 36.8 Å². The van der Waals surface area contributed by atoms with Crippen molar-refractivity contribution < 1.29 is 12.6 Å². The number of rotatable bonds is 5. The van der Waals surface area contributed by atoms with E-state index in [0.29, 0.717) is 5.02 Å². The number of halogens is 1. The molecule has 22 heavy (non-hydrogen) atoms. The molecule has 0 unspecified atom stereocenters. The molecule has 0 aliphatic rings. The predicted molar refractivity (Wildman–Crippen MR) is 88.8 cm³/mol. The molecule has 3 nitrogen and oxygen atoms in total. The van der Waals surface area contributed by atoms with E-state index in [0.717, 1.165) is 11.1 Å². The minimum atomic E-state index is -3.75. The molecule has 0 fully saturated rings. The second-order valence-corrected chi connectivity index (χ2v) is 7.97. The first kappa shape index (κ1) is 17.0.